The minimum Gasteiger partial charge on any atom is -0.510 e. The van der Waals surface area contributed by atoms with Gasteiger partial charge >= 0.3 is 6.85 Å². The van der Waals surface area contributed by atoms with Crippen LogP contribution in [0.15, 0.2) is 194 Å². The van der Waals surface area contributed by atoms with Crippen molar-refractivity contribution >= 4 is 50.8 Å². The van der Waals surface area contributed by atoms with Gasteiger partial charge in [-0.3, -0.25) is 4.57 Å². The Kier molecular flexibility index (Phi) is 6.49. The van der Waals surface area contributed by atoms with Crippen molar-refractivity contribution in [3.63, 3.8) is 0 Å². The summed E-state index contributed by atoms with van der Waals surface area (Å²) in [5.74, 6) is 3.74. The molecule has 6 nitrogen and oxygen atoms in total. The zero-order valence-electron chi connectivity index (χ0n) is 41.2. The zero-order valence-corrected chi connectivity index (χ0v) is 33.5. The number of hydrogen-bond donors (Lipinski definition) is 0. The average molecular weight is 959 g/mol. The first-order valence-electron chi connectivity index (χ1n) is 23.9. The molecular weight excluding hydrogens is 916 g/mol. The molecule has 0 N–H and O–H groups in total. The fourth-order valence-corrected chi connectivity index (χ4v) is 8.36. The van der Waals surface area contributed by atoms with Crippen molar-refractivity contribution in [1.29, 1.82) is 0 Å². The second kappa shape index (κ2) is 14.6. The molecular formula is C52H32BN5OPt-2. The summed E-state index contributed by atoms with van der Waals surface area (Å²) in [7, 11) is 0. The van der Waals surface area contributed by atoms with E-state index in [1.807, 2.05) is 54.6 Å². The Labute approximate surface area is 376 Å². The second-order valence-corrected chi connectivity index (χ2v) is 14.1. The maximum absolute atomic E-state index is 9.00. The van der Waals surface area contributed by atoms with E-state index < -0.39 is 60.4 Å². The topological polar surface area (TPSA) is 39.1 Å². The van der Waals surface area contributed by atoms with Crippen LogP contribution < -0.4 is 19.6 Å². The minimum absolute atomic E-state index is 0. The van der Waals surface area contributed by atoms with E-state index in [0.717, 1.165) is 38.8 Å². The van der Waals surface area contributed by atoms with E-state index in [0.29, 0.717) is 28.2 Å². The van der Waals surface area contributed by atoms with E-state index in [-0.39, 0.29) is 55.9 Å². The fourth-order valence-electron chi connectivity index (χ4n) is 8.36. The molecule has 286 valence electrons. The summed E-state index contributed by atoms with van der Waals surface area (Å²) >= 11 is 0. The summed E-state index contributed by atoms with van der Waals surface area (Å²) < 4.78 is 98.9. The van der Waals surface area contributed by atoms with Gasteiger partial charge in [-0.05, 0) is 63.2 Å². The van der Waals surface area contributed by atoms with E-state index in [9.17, 15) is 0 Å². The van der Waals surface area contributed by atoms with Gasteiger partial charge in [-0.1, -0.05) is 139 Å². The molecule has 0 atom stereocenters. The number of ether oxygens (including phenoxy) is 1. The molecule has 7 aromatic carbocycles. The molecule has 0 saturated carbocycles. The van der Waals surface area contributed by atoms with E-state index in [1.54, 1.807) is 45.7 Å². The Hall–Kier alpha value is -7.21. The molecule has 60 heavy (non-hydrogen) atoms. The number of fused-ring (bicyclic) bond motifs is 9. The number of hydrogen-bond acceptors (Lipinski definition) is 3. The summed E-state index contributed by atoms with van der Waals surface area (Å²) in [5, 5.41) is 2.05. The van der Waals surface area contributed by atoms with Gasteiger partial charge in [0.05, 0.1) is 36.1 Å². The molecule has 5 heterocycles. The third-order valence-corrected chi connectivity index (χ3v) is 10.8. The zero-order chi connectivity index (χ0) is 47.6. The van der Waals surface area contributed by atoms with Gasteiger partial charge in [0, 0.05) is 44.3 Å². The normalized spacial score (nSPS) is 15.0. The summed E-state index contributed by atoms with van der Waals surface area (Å²) in [6, 6.07) is 33.4. The van der Waals surface area contributed by atoms with Crippen LogP contribution in [0.3, 0.4) is 0 Å². The van der Waals surface area contributed by atoms with Gasteiger partial charge in [0.25, 0.3) is 6.33 Å². The summed E-state index contributed by atoms with van der Waals surface area (Å²) in [6.45, 7) is -0.0407. The molecule has 2 aliphatic rings. The maximum atomic E-state index is 9.00. The maximum Gasteiger partial charge on any atom is 0.322 e. The number of benzene rings is 7. The molecule has 2 aliphatic heterocycles. The first-order valence-corrected chi connectivity index (χ1v) is 18.9. The number of pyridine rings is 1. The standard InChI is InChI=1S/C52H32BN5O.Pt/c1-3-15-36(16-4-1)41-21-12-22-42(37-17-5-2-6-18-37)50(41)56-35-55(46-25-7-8-26-47(46)56)38-19-11-20-39(33-38)59-40-28-29-43-44-23-13-24-45-51(44)58(49(43)34-40)52-48(27-14-31-54-52)57-32-10-9-30-53(45)57;/h1-32H;/q-2;/i1D,2D,3D,4D,5D,6D,15D,16D,17D,18D;. The van der Waals surface area contributed by atoms with Gasteiger partial charge in [0.2, 0.25) is 0 Å². The van der Waals surface area contributed by atoms with Crippen LogP contribution in [0.25, 0.3) is 72.3 Å². The van der Waals surface area contributed by atoms with Gasteiger partial charge in [-0.2, -0.15) is 18.2 Å². The van der Waals surface area contributed by atoms with Crippen molar-refractivity contribution in [2.24, 2.45) is 0 Å². The number of allylic oxidation sites excluding steroid dienone is 2. The third kappa shape index (κ3) is 5.69. The van der Waals surface area contributed by atoms with Crippen LogP contribution in [0.2, 0.25) is 0 Å². The quantitative estimate of drug-likeness (QED) is 0.0947. The van der Waals surface area contributed by atoms with Crippen LogP contribution in [0, 0.1) is 18.5 Å². The third-order valence-electron chi connectivity index (χ3n) is 10.8. The molecule has 0 radical (unpaired) electrons. The van der Waals surface area contributed by atoms with Crippen molar-refractivity contribution in [3.8, 4) is 50.9 Å². The monoisotopic (exact) mass is 958 g/mol. The largest absolute Gasteiger partial charge is 0.510 e. The van der Waals surface area contributed by atoms with Gasteiger partial charge in [-0.15, -0.1) is 29.7 Å². The minimum atomic E-state index is -0.572. The number of para-hydroxylation sites is 4. The van der Waals surface area contributed by atoms with Crippen LogP contribution in [0.1, 0.15) is 13.7 Å². The number of rotatable bonds is 6. The SMILES string of the molecule is [2H]c1c([2H])c([2H])c(-c2cccc(-c3c([2H])c([2H])c([2H])c([2H])c3[2H])c2-[n+]2[c-]n(-c3[c-]c(Oc4[c-]c5c(cc4)c4cccc6c4n5-c4ncccc4N4C=CC=CB64)ccc3)c3ccccc32)c([2H])c1[2H].[Pt]. The van der Waals surface area contributed by atoms with Gasteiger partial charge < -0.3 is 18.7 Å². The van der Waals surface area contributed by atoms with E-state index in [1.165, 1.54) is 0 Å². The first-order chi connectivity index (χ1) is 33.4. The average Bonchev–Trinajstić information content (AvgIpc) is 3.88. The Bertz CT molecular complexity index is 3800. The molecule has 8 heteroatoms. The smallest absolute Gasteiger partial charge is 0.322 e. The predicted molar refractivity (Wildman–Crippen MR) is 237 cm³/mol. The Morgan fingerprint density at radius 3 is 2.25 bits per heavy atom. The Morgan fingerprint density at radius 2 is 1.43 bits per heavy atom. The fraction of sp³-hybridized carbons (Fsp3) is 0. The van der Waals surface area contributed by atoms with Crippen molar-refractivity contribution in [2.75, 3.05) is 4.81 Å². The molecule has 0 unspecified atom stereocenters. The first kappa shape index (κ1) is 26.7. The van der Waals surface area contributed by atoms with Crippen LogP contribution in [-0.4, -0.2) is 21.0 Å². The van der Waals surface area contributed by atoms with Gasteiger partial charge in [-0.25, -0.2) is 4.98 Å². The van der Waals surface area contributed by atoms with Gasteiger partial charge in [0.1, 0.15) is 0 Å². The van der Waals surface area contributed by atoms with Crippen LogP contribution in [0.4, 0.5) is 5.69 Å². The van der Waals surface area contributed by atoms with Crippen LogP contribution in [0.5, 0.6) is 11.5 Å². The molecule has 10 aromatic rings. The molecule has 0 bridgehead atoms. The number of imidazole rings is 1. The van der Waals surface area contributed by atoms with Crippen LogP contribution >= 0.6 is 0 Å². The summed E-state index contributed by atoms with van der Waals surface area (Å²) in [4.78, 5) is 7.14. The molecule has 0 spiro atoms. The number of nitrogens with zero attached hydrogens (tertiary/aromatic N) is 5. The van der Waals surface area contributed by atoms with E-state index >= 15 is 0 Å². The number of aromatic nitrogens is 4. The van der Waals surface area contributed by atoms with E-state index in [2.05, 4.69) is 70.4 Å². The van der Waals surface area contributed by atoms with Crippen molar-refractivity contribution in [1.82, 2.24) is 14.1 Å². The van der Waals surface area contributed by atoms with Crippen molar-refractivity contribution in [3.05, 3.63) is 213 Å². The van der Waals surface area contributed by atoms with Crippen LogP contribution in [-0.2, 0) is 21.1 Å². The van der Waals surface area contributed by atoms with E-state index in [4.69, 9.17) is 23.4 Å². The Morgan fingerprint density at radius 1 is 0.683 bits per heavy atom. The molecule has 0 saturated heterocycles. The molecule has 0 aliphatic carbocycles. The molecule has 12 rings (SSSR count). The Balaban J connectivity index is 0.00000533. The second-order valence-electron chi connectivity index (χ2n) is 14.1. The van der Waals surface area contributed by atoms with Crippen molar-refractivity contribution in [2.45, 2.75) is 0 Å². The summed E-state index contributed by atoms with van der Waals surface area (Å²) in [6.07, 6.45) is 11.4. The molecule has 0 amide bonds. The van der Waals surface area contributed by atoms with Crippen molar-refractivity contribution < 1.29 is 44.1 Å². The molecule has 3 aromatic heterocycles. The molecule has 0 fully saturated rings. The predicted octanol–water partition coefficient (Wildman–Crippen LogP) is 10.6. The summed E-state index contributed by atoms with van der Waals surface area (Å²) in [5.41, 5.74) is 5.72. The number of anilines is 1. The van der Waals surface area contributed by atoms with Gasteiger partial charge in [0.15, 0.2) is 5.82 Å².